The SMILES string of the molecule is O=c1c2ccc(OCc3cn(CCCCOc4ccc(C(c5ccccc5)(c5ccccc5)c5ccccc5)cc4)nn3)cc2oc2cc(OCc3cn(CCCCOc4ccc(C(c5ccccc5)(c5ccccc5)c5ccccc5)cc4)nn3)ccc12. The second-order valence-electron chi connectivity index (χ2n) is 22.1. The molecule has 10 aromatic carbocycles. The molecule has 440 valence electrons. The predicted molar refractivity (Wildman–Crippen MR) is 348 cm³/mol. The van der Waals surface area contributed by atoms with E-state index in [4.69, 9.17) is 23.4 Å². The topological polar surface area (TPSA) is 129 Å². The molecule has 89 heavy (non-hydrogen) atoms. The van der Waals surface area contributed by atoms with Gasteiger partial charge in [-0.15, -0.1) is 10.2 Å². The molecule has 12 heteroatoms. The summed E-state index contributed by atoms with van der Waals surface area (Å²) in [5.41, 5.74) is 10.5. The molecule has 0 N–H and O–H groups in total. The number of aromatic nitrogens is 6. The van der Waals surface area contributed by atoms with Crippen LogP contribution in [0.15, 0.2) is 289 Å². The minimum absolute atomic E-state index is 0.142. The van der Waals surface area contributed by atoms with Crippen molar-refractivity contribution in [3.63, 3.8) is 0 Å². The van der Waals surface area contributed by atoms with Crippen LogP contribution in [0.25, 0.3) is 21.9 Å². The Morgan fingerprint density at radius 1 is 0.337 bits per heavy atom. The Bertz CT molecular complexity index is 3970. The lowest BCUT2D eigenvalue weighted by atomic mass is 9.65. The zero-order valence-electron chi connectivity index (χ0n) is 49.3. The number of hydrogen-bond donors (Lipinski definition) is 0. The van der Waals surface area contributed by atoms with Gasteiger partial charge in [0.25, 0.3) is 0 Å². The van der Waals surface area contributed by atoms with Gasteiger partial charge in [-0.1, -0.05) is 217 Å². The summed E-state index contributed by atoms with van der Waals surface area (Å²) in [4.78, 5) is 13.6. The van der Waals surface area contributed by atoms with Crippen LogP contribution in [-0.2, 0) is 37.1 Å². The van der Waals surface area contributed by atoms with Gasteiger partial charge >= 0.3 is 0 Å². The molecule has 0 atom stereocenters. The lowest BCUT2D eigenvalue weighted by Gasteiger charge is -2.36. The van der Waals surface area contributed by atoms with Crippen molar-refractivity contribution in [1.29, 1.82) is 0 Å². The number of rotatable bonds is 26. The Kier molecular flexibility index (Phi) is 17.2. The van der Waals surface area contributed by atoms with Gasteiger partial charge in [-0.3, -0.25) is 14.2 Å². The number of nitrogens with zero attached hydrogens (tertiary/aromatic N) is 6. The van der Waals surface area contributed by atoms with Crippen molar-refractivity contribution in [2.24, 2.45) is 0 Å². The summed E-state index contributed by atoms with van der Waals surface area (Å²) in [5, 5.41) is 18.3. The maximum Gasteiger partial charge on any atom is 0.200 e. The van der Waals surface area contributed by atoms with E-state index in [0.717, 1.165) is 48.3 Å². The lowest BCUT2D eigenvalue weighted by molar-refractivity contribution is 0.300. The van der Waals surface area contributed by atoms with E-state index in [9.17, 15) is 4.79 Å². The largest absolute Gasteiger partial charge is 0.494 e. The van der Waals surface area contributed by atoms with Crippen molar-refractivity contribution < 1.29 is 23.4 Å². The number of fused-ring (bicyclic) bond motifs is 2. The van der Waals surface area contributed by atoms with E-state index in [1.165, 1.54) is 33.4 Å². The third-order valence-corrected chi connectivity index (χ3v) is 16.5. The van der Waals surface area contributed by atoms with Crippen LogP contribution in [0, 0.1) is 0 Å². The third kappa shape index (κ3) is 12.4. The van der Waals surface area contributed by atoms with Crippen molar-refractivity contribution in [3.05, 3.63) is 345 Å². The molecular weight excluding hydrogens is 1100 g/mol. The first-order valence-electron chi connectivity index (χ1n) is 30.3. The average molecular weight is 1170 g/mol. The molecular formula is C77H66N6O6. The van der Waals surface area contributed by atoms with Gasteiger partial charge in [-0.05, 0) is 119 Å². The smallest absolute Gasteiger partial charge is 0.200 e. The first-order chi connectivity index (χ1) is 44.0. The monoisotopic (exact) mass is 1170 g/mol. The van der Waals surface area contributed by atoms with E-state index in [0.29, 0.717) is 71.1 Å². The molecule has 0 bridgehead atoms. The Hall–Kier alpha value is -10.9. The van der Waals surface area contributed by atoms with Gasteiger partial charge in [0, 0.05) is 25.2 Å². The van der Waals surface area contributed by atoms with Crippen LogP contribution in [0.2, 0.25) is 0 Å². The summed E-state index contributed by atoms with van der Waals surface area (Å²) in [6.45, 7) is 2.88. The van der Waals surface area contributed by atoms with E-state index in [1.807, 2.05) is 21.8 Å². The highest BCUT2D eigenvalue weighted by atomic mass is 16.5. The van der Waals surface area contributed by atoms with Crippen LogP contribution in [-0.4, -0.2) is 43.2 Å². The number of hydrogen-bond acceptors (Lipinski definition) is 10. The average Bonchev–Trinajstić information content (AvgIpc) is 1.12. The Morgan fingerprint density at radius 2 is 0.640 bits per heavy atom. The summed E-state index contributed by atoms with van der Waals surface area (Å²) in [6.07, 6.45) is 7.16. The Balaban J connectivity index is 0.564. The third-order valence-electron chi connectivity index (χ3n) is 16.5. The van der Waals surface area contributed by atoms with E-state index in [-0.39, 0.29) is 18.6 Å². The number of benzene rings is 10. The summed E-state index contributed by atoms with van der Waals surface area (Å²) in [7, 11) is 0. The number of ether oxygens (including phenoxy) is 4. The van der Waals surface area contributed by atoms with E-state index in [2.05, 4.69) is 251 Å². The highest BCUT2D eigenvalue weighted by Gasteiger charge is 2.39. The van der Waals surface area contributed by atoms with Gasteiger partial charge in [0.05, 0.1) is 47.2 Å². The lowest BCUT2D eigenvalue weighted by Crippen LogP contribution is -2.30. The van der Waals surface area contributed by atoms with E-state index < -0.39 is 10.8 Å². The molecule has 0 aliphatic carbocycles. The van der Waals surface area contributed by atoms with E-state index in [1.54, 1.807) is 36.4 Å². The molecule has 13 aromatic rings. The molecule has 3 aromatic heterocycles. The van der Waals surface area contributed by atoms with Crippen molar-refractivity contribution in [2.45, 2.75) is 62.8 Å². The molecule has 0 saturated heterocycles. The van der Waals surface area contributed by atoms with Gasteiger partial charge in [-0.2, -0.15) is 0 Å². The van der Waals surface area contributed by atoms with Crippen LogP contribution in [0.3, 0.4) is 0 Å². The summed E-state index contributed by atoms with van der Waals surface area (Å²) < 4.78 is 34.7. The molecule has 0 saturated carbocycles. The van der Waals surface area contributed by atoms with Gasteiger partial charge in [0.15, 0.2) is 0 Å². The summed E-state index contributed by atoms with van der Waals surface area (Å²) in [6, 6.07) is 91.7. The van der Waals surface area contributed by atoms with Crippen LogP contribution < -0.4 is 24.4 Å². The van der Waals surface area contributed by atoms with E-state index >= 15 is 0 Å². The molecule has 12 nitrogen and oxygen atoms in total. The van der Waals surface area contributed by atoms with Crippen molar-refractivity contribution in [3.8, 4) is 23.0 Å². The van der Waals surface area contributed by atoms with Crippen molar-refractivity contribution in [1.82, 2.24) is 30.0 Å². The zero-order valence-corrected chi connectivity index (χ0v) is 49.3. The molecule has 0 radical (unpaired) electrons. The fraction of sp³-hybridized carbons (Fsp3) is 0.156. The number of unbranched alkanes of at least 4 members (excludes halogenated alkanes) is 2. The quantitative estimate of drug-likeness (QED) is 0.0294. The summed E-state index contributed by atoms with van der Waals surface area (Å²) >= 11 is 0. The molecule has 0 unspecified atom stereocenters. The van der Waals surface area contributed by atoms with Crippen LogP contribution in [0.5, 0.6) is 23.0 Å². The highest BCUT2D eigenvalue weighted by Crippen LogP contribution is 2.47. The maximum atomic E-state index is 13.6. The standard InChI is InChI=1S/C77H66N6O6/c84-75-71-45-43-69(87-55-65-53-82(80-78-65)47-19-21-49-85-67-39-35-63(36-40-67)76(57-23-7-1-8-24-57,58-25-9-2-10-26-58)59-27-11-3-12-28-59)51-73(71)89-74-52-70(44-46-72(74)75)88-56-66-54-83(81-79-66)48-20-22-50-86-68-41-37-64(38-42-68)77(60-29-13-4-14-30-60,61-31-15-5-16-32-61)62-33-17-6-18-34-62/h1-18,23-46,51-54H,19-22,47-50,55-56H2. The molecule has 0 aliphatic rings. The second-order valence-corrected chi connectivity index (χ2v) is 22.1. The minimum Gasteiger partial charge on any atom is -0.494 e. The van der Waals surface area contributed by atoms with Crippen LogP contribution >= 0.6 is 0 Å². The van der Waals surface area contributed by atoms with Crippen molar-refractivity contribution in [2.75, 3.05) is 13.2 Å². The highest BCUT2D eigenvalue weighted by molar-refractivity contribution is 5.90. The molecule has 3 heterocycles. The van der Waals surface area contributed by atoms with Crippen LogP contribution in [0.1, 0.15) is 81.6 Å². The molecule has 0 spiro atoms. The molecule has 0 amide bonds. The van der Waals surface area contributed by atoms with Crippen molar-refractivity contribution >= 4 is 21.9 Å². The molecule has 0 fully saturated rings. The normalized spacial score (nSPS) is 11.6. The fourth-order valence-electron chi connectivity index (χ4n) is 12.2. The Morgan fingerprint density at radius 3 is 0.966 bits per heavy atom. The minimum atomic E-state index is -0.506. The first-order valence-corrected chi connectivity index (χ1v) is 30.3. The van der Waals surface area contributed by atoms with Gasteiger partial charge in [-0.25, -0.2) is 0 Å². The second kappa shape index (κ2) is 26.8. The van der Waals surface area contributed by atoms with Gasteiger partial charge < -0.3 is 23.4 Å². The van der Waals surface area contributed by atoms with Gasteiger partial charge in [0.1, 0.15) is 58.8 Å². The van der Waals surface area contributed by atoms with Gasteiger partial charge in [0.2, 0.25) is 5.43 Å². The summed E-state index contributed by atoms with van der Waals surface area (Å²) in [5.74, 6) is 2.72. The fourth-order valence-corrected chi connectivity index (χ4v) is 12.2. The maximum absolute atomic E-state index is 13.6. The predicted octanol–water partition coefficient (Wildman–Crippen LogP) is 15.8. The molecule has 13 rings (SSSR count). The Labute approximate surface area is 517 Å². The van der Waals surface area contributed by atoms with Crippen LogP contribution in [0.4, 0.5) is 0 Å². The number of aryl methyl sites for hydroxylation is 2. The zero-order chi connectivity index (χ0) is 60.1. The first kappa shape index (κ1) is 57.2. The molecule has 0 aliphatic heterocycles.